The fourth-order valence-electron chi connectivity index (χ4n) is 2.95. The number of carbonyl (C=O) groups is 1. The molecule has 0 aromatic heterocycles. The fraction of sp³-hybridized carbons (Fsp3) is 0.588. The van der Waals surface area contributed by atoms with Gasteiger partial charge in [0.25, 0.3) is 0 Å². The van der Waals surface area contributed by atoms with Crippen LogP contribution in [0.5, 0.6) is 0 Å². The third-order valence-corrected chi connectivity index (χ3v) is 6.77. The van der Waals surface area contributed by atoms with E-state index < -0.39 is 10.0 Å². The number of carbonyl (C=O) groups excluding carboxylic acids is 1. The summed E-state index contributed by atoms with van der Waals surface area (Å²) in [6.07, 6.45) is 1.38. The molecule has 134 valence electrons. The summed E-state index contributed by atoms with van der Waals surface area (Å²) in [5.74, 6) is 0.123. The molecule has 0 bridgehead atoms. The second kappa shape index (κ2) is 8.09. The normalized spacial score (nSPS) is 18.4. The number of sulfonamides is 1. The Morgan fingerprint density at radius 1 is 1.25 bits per heavy atom. The molecule has 7 heteroatoms. The first-order valence-corrected chi connectivity index (χ1v) is 10.0. The average molecular weight is 354 g/mol. The number of piperazine rings is 1. The van der Waals surface area contributed by atoms with Crippen molar-refractivity contribution in [3.8, 4) is 0 Å². The van der Waals surface area contributed by atoms with Gasteiger partial charge in [-0.1, -0.05) is 26.0 Å². The summed E-state index contributed by atoms with van der Waals surface area (Å²) in [5, 5.41) is 0. The Labute approximate surface area is 144 Å². The van der Waals surface area contributed by atoms with E-state index in [2.05, 4.69) is 13.8 Å². The van der Waals surface area contributed by atoms with E-state index in [9.17, 15) is 13.2 Å². The molecule has 1 aromatic carbocycles. The molecule has 1 aliphatic rings. The number of nitrogens with two attached hydrogens (primary N) is 1. The summed E-state index contributed by atoms with van der Waals surface area (Å²) in [6.45, 7) is 7.29. The quantitative estimate of drug-likeness (QED) is 0.721. The standard InChI is InChI=1S/C17H27N3O3S/c1-3-14(2)15-4-6-16(7-5-15)24(22,23)20-12-10-19(11-13-20)9-8-17(18)21/h4-7,14H,3,8-13H2,1-2H3,(H2,18,21)/p+1/t14-/m0/s1. The van der Waals surface area contributed by atoms with Crippen LogP contribution in [0.1, 0.15) is 38.2 Å². The van der Waals surface area contributed by atoms with Gasteiger partial charge in [0, 0.05) is 0 Å². The smallest absolute Gasteiger partial charge is 0.243 e. The SMILES string of the molecule is CC[C@H](C)c1ccc(S(=O)(=O)N2CC[NH+](CCC(N)=O)CC2)cc1. The molecule has 1 saturated heterocycles. The van der Waals surface area contributed by atoms with E-state index in [0.29, 0.717) is 50.0 Å². The molecule has 2 rings (SSSR count). The van der Waals surface area contributed by atoms with Crippen molar-refractivity contribution in [3.63, 3.8) is 0 Å². The van der Waals surface area contributed by atoms with Gasteiger partial charge in [0.15, 0.2) is 0 Å². The predicted octanol–water partition coefficient (Wildman–Crippen LogP) is -0.0353. The Kier molecular flexibility index (Phi) is 6.37. The molecule has 0 unspecified atom stereocenters. The topological polar surface area (TPSA) is 84.9 Å². The van der Waals surface area contributed by atoms with Crippen molar-refractivity contribution in [3.05, 3.63) is 29.8 Å². The lowest BCUT2D eigenvalue weighted by Crippen LogP contribution is -3.15. The van der Waals surface area contributed by atoms with Crippen molar-refractivity contribution < 1.29 is 18.1 Å². The molecule has 1 amide bonds. The van der Waals surface area contributed by atoms with E-state index in [1.54, 1.807) is 16.4 Å². The molecule has 0 radical (unpaired) electrons. The minimum Gasteiger partial charge on any atom is -0.369 e. The van der Waals surface area contributed by atoms with Gasteiger partial charge in [0.1, 0.15) is 0 Å². The molecule has 24 heavy (non-hydrogen) atoms. The highest BCUT2D eigenvalue weighted by Crippen LogP contribution is 2.22. The van der Waals surface area contributed by atoms with E-state index in [4.69, 9.17) is 5.73 Å². The maximum Gasteiger partial charge on any atom is 0.243 e. The van der Waals surface area contributed by atoms with E-state index in [0.717, 1.165) is 12.0 Å². The van der Waals surface area contributed by atoms with Gasteiger partial charge in [0.2, 0.25) is 15.9 Å². The van der Waals surface area contributed by atoms with Crippen molar-refractivity contribution in [2.75, 3.05) is 32.7 Å². The van der Waals surface area contributed by atoms with Crippen LogP contribution < -0.4 is 10.6 Å². The van der Waals surface area contributed by atoms with Crippen LogP contribution in [0.4, 0.5) is 0 Å². The van der Waals surface area contributed by atoms with Gasteiger partial charge < -0.3 is 10.6 Å². The molecular formula is C17H28N3O3S+. The number of quaternary nitrogens is 1. The Hall–Kier alpha value is -1.44. The molecule has 1 aliphatic heterocycles. The summed E-state index contributed by atoms with van der Waals surface area (Å²) < 4.78 is 27.0. The molecule has 6 nitrogen and oxygen atoms in total. The second-order valence-electron chi connectivity index (χ2n) is 6.50. The van der Waals surface area contributed by atoms with E-state index >= 15 is 0 Å². The number of hydrogen-bond acceptors (Lipinski definition) is 3. The third-order valence-electron chi connectivity index (χ3n) is 4.85. The Morgan fingerprint density at radius 3 is 2.33 bits per heavy atom. The van der Waals surface area contributed by atoms with Crippen LogP contribution in [0.3, 0.4) is 0 Å². The van der Waals surface area contributed by atoms with Gasteiger partial charge in [-0.3, -0.25) is 4.79 Å². The van der Waals surface area contributed by atoms with Crippen LogP contribution in [0, 0.1) is 0 Å². The van der Waals surface area contributed by atoms with Crippen molar-refractivity contribution in [1.82, 2.24) is 4.31 Å². The monoisotopic (exact) mass is 354 g/mol. The van der Waals surface area contributed by atoms with Crippen molar-refractivity contribution in [2.45, 2.75) is 37.5 Å². The van der Waals surface area contributed by atoms with Gasteiger partial charge in [-0.25, -0.2) is 8.42 Å². The molecule has 1 heterocycles. The van der Waals surface area contributed by atoms with Crippen LogP contribution in [0.15, 0.2) is 29.2 Å². The zero-order chi connectivity index (χ0) is 17.7. The number of amides is 1. The zero-order valence-electron chi connectivity index (χ0n) is 14.5. The summed E-state index contributed by atoms with van der Waals surface area (Å²) in [4.78, 5) is 12.4. The number of benzene rings is 1. The van der Waals surface area contributed by atoms with E-state index in [-0.39, 0.29) is 5.91 Å². The fourth-order valence-corrected chi connectivity index (χ4v) is 4.39. The summed E-state index contributed by atoms with van der Waals surface area (Å²) in [5.41, 5.74) is 6.33. The molecule has 3 N–H and O–H groups in total. The molecular weight excluding hydrogens is 326 g/mol. The van der Waals surface area contributed by atoms with Gasteiger partial charge in [-0.2, -0.15) is 4.31 Å². The first kappa shape index (κ1) is 18.9. The maximum absolute atomic E-state index is 12.8. The van der Waals surface area contributed by atoms with Crippen LogP contribution in [0.2, 0.25) is 0 Å². The minimum atomic E-state index is -3.44. The number of primary amides is 1. The van der Waals surface area contributed by atoms with Gasteiger partial charge in [-0.05, 0) is 30.0 Å². The van der Waals surface area contributed by atoms with Crippen LogP contribution >= 0.6 is 0 Å². The van der Waals surface area contributed by atoms with E-state index in [1.807, 2.05) is 12.1 Å². The maximum atomic E-state index is 12.8. The Balaban J connectivity index is 2.00. The Morgan fingerprint density at radius 2 is 1.83 bits per heavy atom. The second-order valence-corrected chi connectivity index (χ2v) is 8.44. The van der Waals surface area contributed by atoms with Gasteiger partial charge >= 0.3 is 0 Å². The Bertz CT molecular complexity index is 650. The highest BCUT2D eigenvalue weighted by Gasteiger charge is 2.30. The molecule has 1 atom stereocenters. The van der Waals surface area contributed by atoms with Crippen LogP contribution in [-0.2, 0) is 14.8 Å². The summed E-state index contributed by atoms with van der Waals surface area (Å²) in [7, 11) is -3.44. The number of nitrogens with one attached hydrogen (secondary N) is 1. The van der Waals surface area contributed by atoms with Crippen molar-refractivity contribution in [1.29, 1.82) is 0 Å². The first-order valence-electron chi connectivity index (χ1n) is 8.56. The number of nitrogens with zero attached hydrogens (tertiary/aromatic N) is 1. The average Bonchev–Trinajstić information content (AvgIpc) is 2.59. The van der Waals surface area contributed by atoms with Crippen LogP contribution in [-0.4, -0.2) is 51.4 Å². The highest BCUT2D eigenvalue weighted by atomic mass is 32.2. The lowest BCUT2D eigenvalue weighted by Gasteiger charge is -2.31. The van der Waals surface area contributed by atoms with E-state index in [1.165, 1.54) is 4.90 Å². The molecule has 0 saturated carbocycles. The third kappa shape index (κ3) is 4.55. The van der Waals surface area contributed by atoms with Crippen LogP contribution in [0.25, 0.3) is 0 Å². The van der Waals surface area contributed by atoms with Gasteiger partial charge in [0.05, 0.1) is 44.0 Å². The molecule has 1 aromatic rings. The summed E-state index contributed by atoms with van der Waals surface area (Å²) in [6, 6.07) is 7.25. The molecule has 0 aliphatic carbocycles. The minimum absolute atomic E-state index is 0.307. The summed E-state index contributed by atoms with van der Waals surface area (Å²) >= 11 is 0. The largest absolute Gasteiger partial charge is 0.369 e. The zero-order valence-corrected chi connectivity index (χ0v) is 15.3. The lowest BCUT2D eigenvalue weighted by molar-refractivity contribution is -0.903. The molecule has 1 fully saturated rings. The lowest BCUT2D eigenvalue weighted by atomic mass is 9.99. The van der Waals surface area contributed by atoms with Gasteiger partial charge in [-0.15, -0.1) is 0 Å². The molecule has 0 spiro atoms. The first-order chi connectivity index (χ1) is 11.3. The van der Waals surface area contributed by atoms with Crippen molar-refractivity contribution >= 4 is 15.9 Å². The highest BCUT2D eigenvalue weighted by molar-refractivity contribution is 7.89. The predicted molar refractivity (Wildman–Crippen MR) is 93.3 cm³/mol. The number of rotatable bonds is 7. The van der Waals surface area contributed by atoms with Crippen molar-refractivity contribution in [2.24, 2.45) is 5.73 Å². The number of hydrogen-bond donors (Lipinski definition) is 2.